The Morgan fingerprint density at radius 2 is 2.20 bits per heavy atom. The number of nitrogens with two attached hydrogens (primary N) is 2. The molecule has 5 heteroatoms. The summed E-state index contributed by atoms with van der Waals surface area (Å²) in [6.07, 6.45) is 0. The number of benzene rings is 1. The SMILES string of the molecule is N#CSc1ccc(N)c(C#CC(N)=O)c1. The van der Waals surface area contributed by atoms with Crippen LogP contribution in [-0.4, -0.2) is 5.91 Å². The highest BCUT2D eigenvalue weighted by atomic mass is 32.2. The summed E-state index contributed by atoms with van der Waals surface area (Å²) in [7, 11) is 0. The molecule has 0 spiro atoms. The van der Waals surface area contributed by atoms with Crippen LogP contribution in [0, 0.1) is 22.5 Å². The van der Waals surface area contributed by atoms with Gasteiger partial charge in [-0.25, -0.2) is 0 Å². The lowest BCUT2D eigenvalue weighted by atomic mass is 10.2. The van der Waals surface area contributed by atoms with E-state index in [9.17, 15) is 4.79 Å². The fraction of sp³-hybridized carbons (Fsp3) is 0. The molecule has 1 rings (SSSR count). The maximum Gasteiger partial charge on any atom is 0.293 e. The molecule has 0 aliphatic carbocycles. The smallest absolute Gasteiger partial charge is 0.293 e. The highest BCUT2D eigenvalue weighted by Crippen LogP contribution is 2.21. The van der Waals surface area contributed by atoms with E-state index >= 15 is 0 Å². The third-order valence-corrected chi connectivity index (χ3v) is 2.09. The van der Waals surface area contributed by atoms with Crippen LogP contribution in [-0.2, 0) is 4.79 Å². The van der Waals surface area contributed by atoms with Crippen molar-refractivity contribution in [1.29, 1.82) is 5.26 Å². The summed E-state index contributed by atoms with van der Waals surface area (Å²) in [5.74, 6) is 4.01. The van der Waals surface area contributed by atoms with Crippen LogP contribution in [0.1, 0.15) is 5.56 Å². The first-order valence-corrected chi connectivity index (χ1v) is 4.72. The van der Waals surface area contributed by atoms with Crippen molar-refractivity contribution in [2.45, 2.75) is 4.90 Å². The zero-order valence-electron chi connectivity index (χ0n) is 7.65. The third-order valence-electron chi connectivity index (χ3n) is 1.51. The Morgan fingerprint density at radius 3 is 2.80 bits per heavy atom. The van der Waals surface area contributed by atoms with Crippen molar-refractivity contribution in [3.63, 3.8) is 0 Å². The minimum absolute atomic E-state index is 0.450. The third kappa shape index (κ3) is 3.26. The molecule has 1 amide bonds. The Labute approximate surface area is 91.2 Å². The molecule has 0 heterocycles. The monoisotopic (exact) mass is 217 g/mol. The minimum atomic E-state index is -0.715. The average molecular weight is 217 g/mol. The van der Waals surface area contributed by atoms with E-state index in [0.29, 0.717) is 11.3 Å². The summed E-state index contributed by atoms with van der Waals surface area (Å²) in [5, 5.41) is 10.4. The Morgan fingerprint density at radius 1 is 1.47 bits per heavy atom. The van der Waals surface area contributed by atoms with Crippen molar-refractivity contribution in [3.05, 3.63) is 23.8 Å². The molecule has 0 aromatic heterocycles. The molecule has 15 heavy (non-hydrogen) atoms. The highest BCUT2D eigenvalue weighted by molar-refractivity contribution is 8.03. The van der Waals surface area contributed by atoms with Gasteiger partial charge in [-0.3, -0.25) is 4.79 Å². The zero-order chi connectivity index (χ0) is 11.3. The second kappa shape index (κ2) is 4.94. The Kier molecular flexibility index (Phi) is 3.61. The van der Waals surface area contributed by atoms with Gasteiger partial charge in [0.1, 0.15) is 5.40 Å². The predicted octanol–water partition coefficient (Wildman–Crippen LogP) is 0.679. The van der Waals surface area contributed by atoms with Crippen molar-refractivity contribution in [3.8, 4) is 17.2 Å². The van der Waals surface area contributed by atoms with Gasteiger partial charge in [-0.05, 0) is 30.0 Å². The fourth-order valence-corrected chi connectivity index (χ4v) is 1.31. The molecule has 0 atom stereocenters. The van der Waals surface area contributed by atoms with E-state index in [4.69, 9.17) is 16.7 Å². The van der Waals surface area contributed by atoms with E-state index in [1.54, 1.807) is 18.2 Å². The van der Waals surface area contributed by atoms with Crippen LogP contribution >= 0.6 is 11.8 Å². The average Bonchev–Trinajstić information content (AvgIpc) is 2.19. The number of thioether (sulfide) groups is 1. The lowest BCUT2D eigenvalue weighted by molar-refractivity contribution is -0.112. The normalized spacial score (nSPS) is 8.47. The maximum absolute atomic E-state index is 10.4. The van der Waals surface area contributed by atoms with Crippen LogP contribution in [0.25, 0.3) is 0 Å². The van der Waals surface area contributed by atoms with Gasteiger partial charge < -0.3 is 11.5 Å². The molecular formula is C10H7N3OS. The Bertz CT molecular complexity index is 494. The minimum Gasteiger partial charge on any atom is -0.398 e. The van der Waals surface area contributed by atoms with E-state index in [0.717, 1.165) is 16.7 Å². The zero-order valence-corrected chi connectivity index (χ0v) is 8.47. The van der Waals surface area contributed by atoms with Crippen molar-refractivity contribution < 1.29 is 4.79 Å². The van der Waals surface area contributed by atoms with Crippen LogP contribution in [0.2, 0.25) is 0 Å². The number of anilines is 1. The van der Waals surface area contributed by atoms with Gasteiger partial charge in [0.15, 0.2) is 0 Å². The van der Waals surface area contributed by atoms with Crippen molar-refractivity contribution >= 4 is 23.4 Å². The first-order chi connectivity index (χ1) is 7.13. The number of amides is 1. The van der Waals surface area contributed by atoms with Crippen LogP contribution in [0.4, 0.5) is 5.69 Å². The molecule has 1 aromatic rings. The molecule has 0 bridgehead atoms. The standard InChI is InChI=1S/C10H7N3OS/c11-6-15-8-2-3-9(12)7(5-8)1-4-10(13)14/h2-3,5H,12H2,(H2,13,14). The van der Waals surface area contributed by atoms with Gasteiger partial charge in [0, 0.05) is 22.1 Å². The number of nitrogen functional groups attached to an aromatic ring is 1. The summed E-state index contributed by atoms with van der Waals surface area (Å²) in [6.45, 7) is 0. The van der Waals surface area contributed by atoms with Gasteiger partial charge >= 0.3 is 0 Å². The second-order valence-corrected chi connectivity index (χ2v) is 3.41. The fourth-order valence-electron chi connectivity index (χ4n) is 0.889. The summed E-state index contributed by atoms with van der Waals surface area (Å²) < 4.78 is 0. The molecule has 0 aliphatic rings. The van der Waals surface area contributed by atoms with Gasteiger partial charge in [0.25, 0.3) is 5.91 Å². The molecule has 0 radical (unpaired) electrons. The van der Waals surface area contributed by atoms with E-state index < -0.39 is 5.91 Å². The van der Waals surface area contributed by atoms with Gasteiger partial charge in [-0.1, -0.05) is 5.92 Å². The number of nitrogens with zero attached hydrogens (tertiary/aromatic N) is 1. The number of carbonyl (C=O) groups excluding carboxylic acids is 1. The molecular weight excluding hydrogens is 210 g/mol. The topological polar surface area (TPSA) is 92.9 Å². The number of hydrogen-bond donors (Lipinski definition) is 2. The highest BCUT2D eigenvalue weighted by Gasteiger charge is 1.99. The quantitative estimate of drug-likeness (QED) is 0.313. The Balaban J connectivity index is 3.08. The molecule has 0 unspecified atom stereocenters. The molecule has 1 aromatic carbocycles. The second-order valence-electron chi connectivity index (χ2n) is 2.56. The molecule has 4 nitrogen and oxygen atoms in total. The summed E-state index contributed by atoms with van der Waals surface area (Å²) in [6, 6.07) is 4.97. The lowest BCUT2D eigenvalue weighted by Crippen LogP contribution is -2.06. The van der Waals surface area contributed by atoms with E-state index in [-0.39, 0.29) is 0 Å². The van der Waals surface area contributed by atoms with Crippen molar-refractivity contribution in [2.75, 3.05) is 5.73 Å². The van der Waals surface area contributed by atoms with E-state index in [2.05, 4.69) is 11.8 Å². The first kappa shape index (κ1) is 11.0. The van der Waals surface area contributed by atoms with Gasteiger partial charge in [0.05, 0.1) is 0 Å². The molecule has 0 aliphatic heterocycles. The molecule has 0 saturated carbocycles. The number of nitriles is 1. The largest absolute Gasteiger partial charge is 0.398 e. The number of rotatable bonds is 1. The van der Waals surface area contributed by atoms with Crippen LogP contribution in [0.5, 0.6) is 0 Å². The first-order valence-electron chi connectivity index (χ1n) is 3.90. The van der Waals surface area contributed by atoms with Crippen molar-refractivity contribution in [1.82, 2.24) is 0 Å². The summed E-state index contributed by atoms with van der Waals surface area (Å²) in [5.41, 5.74) is 11.4. The Hall–Kier alpha value is -2.11. The number of carbonyl (C=O) groups is 1. The van der Waals surface area contributed by atoms with E-state index in [1.165, 1.54) is 0 Å². The predicted molar refractivity (Wildman–Crippen MR) is 58.4 cm³/mol. The van der Waals surface area contributed by atoms with Crippen LogP contribution in [0.15, 0.2) is 23.1 Å². The summed E-state index contributed by atoms with van der Waals surface area (Å²) >= 11 is 0.998. The number of primary amides is 1. The molecule has 0 fully saturated rings. The molecule has 74 valence electrons. The number of hydrogen-bond acceptors (Lipinski definition) is 4. The molecule has 0 saturated heterocycles. The van der Waals surface area contributed by atoms with Gasteiger partial charge in [-0.15, -0.1) is 0 Å². The van der Waals surface area contributed by atoms with Gasteiger partial charge in [0.2, 0.25) is 0 Å². The van der Waals surface area contributed by atoms with Crippen LogP contribution in [0.3, 0.4) is 0 Å². The summed E-state index contributed by atoms with van der Waals surface area (Å²) in [4.78, 5) is 11.2. The van der Waals surface area contributed by atoms with E-state index in [1.807, 2.05) is 5.40 Å². The van der Waals surface area contributed by atoms with Crippen LogP contribution < -0.4 is 11.5 Å². The van der Waals surface area contributed by atoms with Crippen molar-refractivity contribution in [2.24, 2.45) is 5.73 Å². The number of thiocyanates is 1. The molecule has 4 N–H and O–H groups in total. The lowest BCUT2D eigenvalue weighted by Gasteiger charge is -1.99. The van der Waals surface area contributed by atoms with Gasteiger partial charge in [-0.2, -0.15) is 5.26 Å². The maximum atomic E-state index is 10.4.